The highest BCUT2D eigenvalue weighted by Gasteiger charge is 2.13. The lowest BCUT2D eigenvalue weighted by atomic mass is 10.1. The number of benzene rings is 1. The summed E-state index contributed by atoms with van der Waals surface area (Å²) in [5.41, 5.74) is 1.20. The number of carbonyl (C=O) groups excluding carboxylic acids is 3. The number of amides is 2. The van der Waals surface area contributed by atoms with Crippen molar-refractivity contribution < 1.29 is 19.1 Å². The second kappa shape index (κ2) is 9.40. The Bertz CT molecular complexity index is 579. The predicted molar refractivity (Wildman–Crippen MR) is 87.7 cm³/mol. The van der Waals surface area contributed by atoms with Gasteiger partial charge < -0.3 is 15.4 Å². The molecule has 0 aliphatic rings. The molecule has 1 aromatic rings. The van der Waals surface area contributed by atoms with Crippen molar-refractivity contribution >= 4 is 23.9 Å². The summed E-state index contributed by atoms with van der Waals surface area (Å²) in [4.78, 5) is 34.7. The topological polar surface area (TPSA) is 84.5 Å². The molecule has 0 saturated heterocycles. The molecule has 0 bridgehead atoms. The highest BCUT2D eigenvalue weighted by molar-refractivity contribution is 5.95. The molecule has 0 fully saturated rings. The number of carbonyl (C=O) groups is 3. The summed E-state index contributed by atoms with van der Waals surface area (Å²) in [7, 11) is 1.32. The van der Waals surface area contributed by atoms with Crippen LogP contribution in [0.15, 0.2) is 30.3 Å². The SMILES string of the molecule is CCCNC(=O)C(C)NC(=O)/C=C/c1ccc(C(=O)OC)cc1. The fourth-order valence-electron chi connectivity index (χ4n) is 1.75. The second-order valence-corrected chi connectivity index (χ2v) is 4.97. The Kier molecular flexibility index (Phi) is 7.53. The largest absolute Gasteiger partial charge is 0.465 e. The normalized spacial score (nSPS) is 11.8. The molecular formula is C17H22N2O4. The predicted octanol–water partition coefficient (Wildman–Crippen LogP) is 1.52. The minimum absolute atomic E-state index is 0.212. The van der Waals surface area contributed by atoms with Crippen LogP contribution in [0.2, 0.25) is 0 Å². The first-order chi connectivity index (χ1) is 11.0. The van der Waals surface area contributed by atoms with Gasteiger partial charge in [-0.2, -0.15) is 0 Å². The summed E-state index contributed by atoms with van der Waals surface area (Å²) < 4.78 is 4.61. The van der Waals surface area contributed by atoms with Gasteiger partial charge in [0.1, 0.15) is 6.04 Å². The van der Waals surface area contributed by atoms with Crippen LogP contribution in [0.25, 0.3) is 6.08 Å². The highest BCUT2D eigenvalue weighted by atomic mass is 16.5. The number of esters is 1. The monoisotopic (exact) mass is 318 g/mol. The van der Waals surface area contributed by atoms with Crippen molar-refractivity contribution in [3.8, 4) is 0 Å². The van der Waals surface area contributed by atoms with Crippen LogP contribution in [-0.4, -0.2) is 37.5 Å². The molecule has 1 atom stereocenters. The minimum atomic E-state index is -0.597. The molecule has 0 radical (unpaired) electrons. The molecule has 23 heavy (non-hydrogen) atoms. The Morgan fingerprint density at radius 1 is 1.22 bits per heavy atom. The molecule has 0 heterocycles. The van der Waals surface area contributed by atoms with Gasteiger partial charge >= 0.3 is 5.97 Å². The van der Waals surface area contributed by atoms with E-state index in [1.165, 1.54) is 13.2 Å². The summed E-state index contributed by atoms with van der Waals surface area (Å²) in [6.45, 7) is 4.17. The average molecular weight is 318 g/mol. The van der Waals surface area contributed by atoms with Crippen LogP contribution >= 0.6 is 0 Å². The van der Waals surface area contributed by atoms with Gasteiger partial charge in [-0.15, -0.1) is 0 Å². The molecule has 0 aliphatic carbocycles. The van der Waals surface area contributed by atoms with Crippen molar-refractivity contribution in [2.75, 3.05) is 13.7 Å². The van der Waals surface area contributed by atoms with E-state index < -0.39 is 12.0 Å². The smallest absolute Gasteiger partial charge is 0.337 e. The molecule has 0 saturated carbocycles. The first kappa shape index (κ1) is 18.4. The van der Waals surface area contributed by atoms with Gasteiger partial charge in [-0.3, -0.25) is 9.59 Å². The van der Waals surface area contributed by atoms with E-state index in [-0.39, 0.29) is 11.8 Å². The maximum Gasteiger partial charge on any atom is 0.337 e. The Morgan fingerprint density at radius 3 is 2.43 bits per heavy atom. The molecule has 2 amide bonds. The Morgan fingerprint density at radius 2 is 1.87 bits per heavy atom. The maximum absolute atomic E-state index is 11.8. The maximum atomic E-state index is 11.8. The number of hydrogen-bond acceptors (Lipinski definition) is 4. The molecule has 0 aromatic heterocycles. The molecule has 0 aliphatic heterocycles. The zero-order valence-electron chi connectivity index (χ0n) is 13.6. The van der Waals surface area contributed by atoms with E-state index in [0.717, 1.165) is 12.0 Å². The second-order valence-electron chi connectivity index (χ2n) is 4.97. The van der Waals surface area contributed by atoms with Gasteiger partial charge in [-0.25, -0.2) is 4.79 Å². The Hall–Kier alpha value is -2.63. The van der Waals surface area contributed by atoms with E-state index in [4.69, 9.17) is 0 Å². The summed E-state index contributed by atoms with van der Waals surface area (Å²) in [5, 5.41) is 5.30. The molecule has 6 heteroatoms. The van der Waals surface area contributed by atoms with E-state index >= 15 is 0 Å². The van der Waals surface area contributed by atoms with Crippen molar-refractivity contribution in [3.63, 3.8) is 0 Å². The highest BCUT2D eigenvalue weighted by Crippen LogP contribution is 2.07. The van der Waals surface area contributed by atoms with Crippen LogP contribution < -0.4 is 10.6 Å². The first-order valence-corrected chi connectivity index (χ1v) is 7.42. The molecular weight excluding hydrogens is 296 g/mol. The van der Waals surface area contributed by atoms with Gasteiger partial charge in [0.25, 0.3) is 0 Å². The lowest BCUT2D eigenvalue weighted by molar-refractivity contribution is -0.126. The van der Waals surface area contributed by atoms with Crippen molar-refractivity contribution in [1.29, 1.82) is 0 Å². The molecule has 124 valence electrons. The van der Waals surface area contributed by atoms with Gasteiger partial charge in [0.05, 0.1) is 12.7 Å². The minimum Gasteiger partial charge on any atom is -0.465 e. The van der Waals surface area contributed by atoms with E-state index in [1.807, 2.05) is 6.92 Å². The van der Waals surface area contributed by atoms with Crippen LogP contribution in [-0.2, 0) is 14.3 Å². The van der Waals surface area contributed by atoms with Crippen LogP contribution in [0.1, 0.15) is 36.2 Å². The molecule has 0 spiro atoms. The van der Waals surface area contributed by atoms with Gasteiger partial charge in [-0.05, 0) is 37.1 Å². The fourth-order valence-corrected chi connectivity index (χ4v) is 1.75. The molecule has 2 N–H and O–H groups in total. The van der Waals surface area contributed by atoms with Gasteiger partial charge in [0, 0.05) is 12.6 Å². The standard InChI is InChI=1S/C17H22N2O4/c1-4-11-18-16(21)12(2)19-15(20)10-7-13-5-8-14(9-6-13)17(22)23-3/h5-10,12H,4,11H2,1-3H3,(H,18,21)(H,19,20)/b10-7+. The number of nitrogens with one attached hydrogen (secondary N) is 2. The van der Waals surface area contributed by atoms with Crippen LogP contribution in [0.5, 0.6) is 0 Å². The quantitative estimate of drug-likeness (QED) is 0.590. The molecule has 1 rings (SSSR count). The van der Waals surface area contributed by atoms with E-state index in [1.54, 1.807) is 37.3 Å². The lowest BCUT2D eigenvalue weighted by Gasteiger charge is -2.12. The number of rotatable bonds is 7. The van der Waals surface area contributed by atoms with Crippen molar-refractivity contribution in [1.82, 2.24) is 10.6 Å². The molecule has 1 aromatic carbocycles. The molecule has 1 unspecified atom stereocenters. The summed E-state index contributed by atoms with van der Waals surface area (Å²) in [5.74, 6) is -0.984. The average Bonchev–Trinajstić information content (AvgIpc) is 2.57. The van der Waals surface area contributed by atoms with Crippen molar-refractivity contribution in [2.24, 2.45) is 0 Å². The van der Waals surface area contributed by atoms with Gasteiger partial charge in [-0.1, -0.05) is 19.1 Å². The lowest BCUT2D eigenvalue weighted by Crippen LogP contribution is -2.44. The fraction of sp³-hybridized carbons (Fsp3) is 0.353. The van der Waals surface area contributed by atoms with E-state index in [9.17, 15) is 14.4 Å². The number of hydrogen-bond donors (Lipinski definition) is 2. The first-order valence-electron chi connectivity index (χ1n) is 7.42. The third kappa shape index (κ3) is 6.34. The van der Waals surface area contributed by atoms with Crippen molar-refractivity contribution in [2.45, 2.75) is 26.3 Å². The van der Waals surface area contributed by atoms with Gasteiger partial charge in [0.2, 0.25) is 11.8 Å². The van der Waals surface area contributed by atoms with E-state index in [2.05, 4.69) is 15.4 Å². The van der Waals surface area contributed by atoms with Crippen LogP contribution in [0, 0.1) is 0 Å². The Labute approximate surface area is 135 Å². The van der Waals surface area contributed by atoms with Crippen LogP contribution in [0.4, 0.5) is 0 Å². The third-order valence-electron chi connectivity index (χ3n) is 3.06. The van der Waals surface area contributed by atoms with E-state index in [0.29, 0.717) is 12.1 Å². The number of ether oxygens (including phenoxy) is 1. The number of methoxy groups -OCH3 is 1. The summed E-state index contributed by atoms with van der Waals surface area (Å²) in [6.07, 6.45) is 3.79. The third-order valence-corrected chi connectivity index (χ3v) is 3.06. The summed E-state index contributed by atoms with van der Waals surface area (Å²) in [6, 6.07) is 6.04. The van der Waals surface area contributed by atoms with Crippen LogP contribution in [0.3, 0.4) is 0 Å². The summed E-state index contributed by atoms with van der Waals surface area (Å²) >= 11 is 0. The molecule has 6 nitrogen and oxygen atoms in total. The Balaban J connectivity index is 2.54. The zero-order chi connectivity index (χ0) is 17.2. The van der Waals surface area contributed by atoms with Gasteiger partial charge in [0.15, 0.2) is 0 Å². The van der Waals surface area contributed by atoms with Crippen molar-refractivity contribution in [3.05, 3.63) is 41.5 Å². The zero-order valence-corrected chi connectivity index (χ0v) is 13.6.